The summed E-state index contributed by atoms with van der Waals surface area (Å²) < 4.78 is 1.56. The Kier molecular flexibility index (Phi) is 5.15. The maximum absolute atomic E-state index is 12.6. The first-order valence-electron chi connectivity index (χ1n) is 8.91. The summed E-state index contributed by atoms with van der Waals surface area (Å²) in [4.78, 5) is 12.6. The summed E-state index contributed by atoms with van der Waals surface area (Å²) in [6.07, 6.45) is 1.51. The molecule has 4 aromatic rings. The average molecular weight is 383 g/mol. The van der Waals surface area contributed by atoms with E-state index >= 15 is 0 Å². The SMILES string of the molecule is Cc1cc(C(=O)Nc2ccc(N=Nc3ccccc3)cc2)ccc1-n1cnnn1. The molecule has 0 saturated heterocycles. The van der Waals surface area contributed by atoms with Crippen LogP contribution in [0.4, 0.5) is 17.1 Å². The van der Waals surface area contributed by atoms with Crippen LogP contribution in [0.2, 0.25) is 0 Å². The van der Waals surface area contributed by atoms with E-state index in [1.165, 1.54) is 6.33 Å². The standard InChI is InChI=1S/C21H17N7O/c1-15-13-16(7-12-20(15)28-14-22-26-27-28)21(29)23-17-8-10-19(11-9-17)25-24-18-5-3-2-4-6-18/h2-14H,1H3,(H,23,29). The first-order valence-corrected chi connectivity index (χ1v) is 8.91. The average Bonchev–Trinajstić information content (AvgIpc) is 3.28. The van der Waals surface area contributed by atoms with Crippen LogP contribution in [0.1, 0.15) is 15.9 Å². The van der Waals surface area contributed by atoms with Gasteiger partial charge in [0, 0.05) is 11.3 Å². The zero-order chi connectivity index (χ0) is 20.1. The van der Waals surface area contributed by atoms with Crippen molar-refractivity contribution < 1.29 is 4.79 Å². The van der Waals surface area contributed by atoms with Crippen LogP contribution in [0.25, 0.3) is 5.69 Å². The third-order valence-electron chi connectivity index (χ3n) is 4.22. The molecule has 8 heteroatoms. The number of aromatic nitrogens is 4. The first-order chi connectivity index (χ1) is 14.2. The number of amides is 1. The molecule has 0 saturated carbocycles. The Balaban J connectivity index is 1.43. The second kappa shape index (κ2) is 8.22. The van der Waals surface area contributed by atoms with Crippen molar-refractivity contribution in [3.05, 3.63) is 90.3 Å². The number of nitrogens with zero attached hydrogens (tertiary/aromatic N) is 6. The minimum Gasteiger partial charge on any atom is -0.322 e. The number of carbonyl (C=O) groups is 1. The normalized spacial score (nSPS) is 10.9. The number of benzene rings is 3. The van der Waals surface area contributed by atoms with Gasteiger partial charge in [-0.15, -0.1) is 5.10 Å². The van der Waals surface area contributed by atoms with E-state index in [9.17, 15) is 4.79 Å². The molecule has 0 fully saturated rings. The summed E-state index contributed by atoms with van der Waals surface area (Å²) in [5.74, 6) is -0.199. The van der Waals surface area contributed by atoms with Gasteiger partial charge in [0.25, 0.3) is 5.91 Å². The van der Waals surface area contributed by atoms with Gasteiger partial charge < -0.3 is 5.32 Å². The minimum atomic E-state index is -0.199. The highest BCUT2D eigenvalue weighted by molar-refractivity contribution is 6.04. The van der Waals surface area contributed by atoms with Gasteiger partial charge in [-0.2, -0.15) is 10.2 Å². The van der Waals surface area contributed by atoms with E-state index in [1.54, 1.807) is 41.1 Å². The lowest BCUT2D eigenvalue weighted by atomic mass is 10.1. The number of hydrogen-bond acceptors (Lipinski definition) is 6. The Bertz CT molecular complexity index is 1140. The summed E-state index contributed by atoms with van der Waals surface area (Å²) in [6, 6.07) is 22.0. The number of anilines is 1. The molecule has 4 rings (SSSR count). The molecule has 0 atom stereocenters. The summed E-state index contributed by atoms with van der Waals surface area (Å²) in [5.41, 5.74) is 4.42. The Hall–Kier alpha value is -4.20. The maximum Gasteiger partial charge on any atom is 0.255 e. The van der Waals surface area contributed by atoms with E-state index < -0.39 is 0 Å². The van der Waals surface area contributed by atoms with Crippen molar-refractivity contribution >= 4 is 23.0 Å². The minimum absolute atomic E-state index is 0.199. The Morgan fingerprint density at radius 3 is 2.31 bits per heavy atom. The van der Waals surface area contributed by atoms with E-state index in [0.29, 0.717) is 16.9 Å². The van der Waals surface area contributed by atoms with Gasteiger partial charge in [0.15, 0.2) is 0 Å². The molecule has 1 N–H and O–H groups in total. The second-order valence-corrected chi connectivity index (χ2v) is 6.29. The number of carbonyl (C=O) groups excluding carboxylic acids is 1. The number of tetrazole rings is 1. The van der Waals surface area contributed by atoms with E-state index in [1.807, 2.05) is 43.3 Å². The summed E-state index contributed by atoms with van der Waals surface area (Å²) in [5, 5.41) is 22.4. The molecule has 0 aliphatic heterocycles. The molecule has 0 unspecified atom stereocenters. The topological polar surface area (TPSA) is 97.4 Å². The zero-order valence-corrected chi connectivity index (χ0v) is 15.6. The van der Waals surface area contributed by atoms with Crippen molar-refractivity contribution in [1.82, 2.24) is 20.2 Å². The van der Waals surface area contributed by atoms with E-state index in [-0.39, 0.29) is 5.91 Å². The molecule has 29 heavy (non-hydrogen) atoms. The molecule has 1 aromatic heterocycles. The zero-order valence-electron chi connectivity index (χ0n) is 15.6. The van der Waals surface area contributed by atoms with Gasteiger partial charge in [0.1, 0.15) is 6.33 Å². The molecule has 0 aliphatic carbocycles. The Morgan fingerprint density at radius 2 is 1.66 bits per heavy atom. The predicted molar refractivity (Wildman–Crippen MR) is 109 cm³/mol. The van der Waals surface area contributed by atoms with Crippen LogP contribution in [0.15, 0.2) is 89.4 Å². The highest BCUT2D eigenvalue weighted by Crippen LogP contribution is 2.21. The molecule has 0 bridgehead atoms. The molecule has 0 spiro atoms. The van der Waals surface area contributed by atoms with Crippen molar-refractivity contribution in [2.75, 3.05) is 5.32 Å². The lowest BCUT2D eigenvalue weighted by Crippen LogP contribution is -2.12. The molecule has 0 radical (unpaired) electrons. The fourth-order valence-corrected chi connectivity index (χ4v) is 2.75. The maximum atomic E-state index is 12.6. The molecule has 1 heterocycles. The van der Waals surface area contributed by atoms with Crippen molar-refractivity contribution in [3.63, 3.8) is 0 Å². The smallest absolute Gasteiger partial charge is 0.255 e. The van der Waals surface area contributed by atoms with Crippen LogP contribution < -0.4 is 5.32 Å². The fraction of sp³-hybridized carbons (Fsp3) is 0.0476. The van der Waals surface area contributed by atoms with Crippen LogP contribution in [-0.4, -0.2) is 26.1 Å². The first kappa shape index (κ1) is 18.2. The highest BCUT2D eigenvalue weighted by atomic mass is 16.1. The fourth-order valence-electron chi connectivity index (χ4n) is 2.75. The van der Waals surface area contributed by atoms with Crippen LogP contribution >= 0.6 is 0 Å². The van der Waals surface area contributed by atoms with Crippen LogP contribution in [-0.2, 0) is 0 Å². The van der Waals surface area contributed by atoms with Crippen molar-refractivity contribution in [3.8, 4) is 5.69 Å². The van der Waals surface area contributed by atoms with E-state index in [4.69, 9.17) is 0 Å². The van der Waals surface area contributed by atoms with Crippen molar-refractivity contribution in [1.29, 1.82) is 0 Å². The summed E-state index contributed by atoms with van der Waals surface area (Å²) in [7, 11) is 0. The van der Waals surface area contributed by atoms with Crippen molar-refractivity contribution in [2.45, 2.75) is 6.92 Å². The Labute approximate surface area is 166 Å². The number of rotatable bonds is 5. The lowest BCUT2D eigenvalue weighted by Gasteiger charge is -2.09. The molecule has 0 aliphatic rings. The van der Waals surface area contributed by atoms with Crippen molar-refractivity contribution in [2.24, 2.45) is 10.2 Å². The highest BCUT2D eigenvalue weighted by Gasteiger charge is 2.10. The molecular weight excluding hydrogens is 366 g/mol. The van der Waals surface area contributed by atoms with Gasteiger partial charge in [-0.05, 0) is 77.5 Å². The monoisotopic (exact) mass is 383 g/mol. The number of nitrogens with one attached hydrogen (secondary N) is 1. The molecule has 1 amide bonds. The largest absolute Gasteiger partial charge is 0.322 e. The third kappa shape index (κ3) is 4.38. The summed E-state index contributed by atoms with van der Waals surface area (Å²) >= 11 is 0. The number of hydrogen-bond donors (Lipinski definition) is 1. The van der Waals surface area contributed by atoms with E-state index in [2.05, 4.69) is 31.1 Å². The lowest BCUT2D eigenvalue weighted by molar-refractivity contribution is 0.102. The Morgan fingerprint density at radius 1 is 0.931 bits per heavy atom. The predicted octanol–water partition coefficient (Wildman–Crippen LogP) is 4.64. The van der Waals surface area contributed by atoms with Gasteiger partial charge >= 0.3 is 0 Å². The van der Waals surface area contributed by atoms with Crippen LogP contribution in [0, 0.1) is 6.92 Å². The van der Waals surface area contributed by atoms with Gasteiger partial charge in [-0.3, -0.25) is 4.79 Å². The molecule has 3 aromatic carbocycles. The summed E-state index contributed by atoms with van der Waals surface area (Å²) in [6.45, 7) is 1.90. The van der Waals surface area contributed by atoms with E-state index in [0.717, 1.165) is 16.9 Å². The van der Waals surface area contributed by atoms with Crippen LogP contribution in [0.3, 0.4) is 0 Å². The van der Waals surface area contributed by atoms with Gasteiger partial charge in [-0.25, -0.2) is 4.68 Å². The van der Waals surface area contributed by atoms with Crippen LogP contribution in [0.5, 0.6) is 0 Å². The third-order valence-corrected chi connectivity index (χ3v) is 4.22. The quantitative estimate of drug-likeness (QED) is 0.508. The number of azo groups is 1. The molecule has 8 nitrogen and oxygen atoms in total. The molecular formula is C21H17N7O. The van der Waals surface area contributed by atoms with Gasteiger partial charge in [-0.1, -0.05) is 18.2 Å². The molecule has 142 valence electrons. The second-order valence-electron chi connectivity index (χ2n) is 6.29. The number of aryl methyl sites for hydroxylation is 1. The van der Waals surface area contributed by atoms with Gasteiger partial charge in [0.2, 0.25) is 0 Å². The van der Waals surface area contributed by atoms with Gasteiger partial charge in [0.05, 0.1) is 17.1 Å².